The fraction of sp³-hybridized carbons (Fsp3) is 0.625. The molecule has 0 saturated carbocycles. The Balaban J connectivity index is 1.87. The minimum atomic E-state index is -3.66. The Morgan fingerprint density at radius 2 is 1.68 bits per heavy atom. The fourth-order valence-corrected chi connectivity index (χ4v) is 4.81. The Morgan fingerprint density at radius 1 is 1.08 bits per heavy atom. The van der Waals surface area contributed by atoms with Gasteiger partial charge in [0.1, 0.15) is 5.72 Å². The van der Waals surface area contributed by atoms with Crippen LogP contribution in [0.3, 0.4) is 0 Å². The third kappa shape index (κ3) is 3.29. The van der Waals surface area contributed by atoms with Crippen LogP contribution in [0, 0.1) is 0 Å². The third-order valence-corrected chi connectivity index (χ3v) is 6.61. The van der Waals surface area contributed by atoms with Crippen molar-refractivity contribution in [3.05, 3.63) is 12.1 Å². The summed E-state index contributed by atoms with van der Waals surface area (Å²) < 4.78 is 49.1. The molecule has 2 heterocycles. The number of piperidine rings is 1. The summed E-state index contributed by atoms with van der Waals surface area (Å²) in [4.78, 5) is 0.123. The molecule has 1 aromatic rings. The van der Waals surface area contributed by atoms with Gasteiger partial charge in [-0.25, -0.2) is 8.42 Å². The van der Waals surface area contributed by atoms with Gasteiger partial charge in [0, 0.05) is 44.6 Å². The normalized spacial score (nSPS) is 20.6. The van der Waals surface area contributed by atoms with Gasteiger partial charge in [0.2, 0.25) is 15.8 Å². The zero-order valence-electron chi connectivity index (χ0n) is 14.7. The summed E-state index contributed by atoms with van der Waals surface area (Å²) in [6.45, 7) is 2.26. The van der Waals surface area contributed by atoms with E-state index in [9.17, 15) is 8.42 Å². The molecule has 0 atom stereocenters. The molecule has 9 heteroatoms. The molecule has 2 saturated heterocycles. The van der Waals surface area contributed by atoms with E-state index in [4.69, 9.17) is 18.9 Å². The van der Waals surface area contributed by atoms with Gasteiger partial charge in [-0.2, -0.15) is 4.31 Å². The molecule has 25 heavy (non-hydrogen) atoms. The fourth-order valence-electron chi connectivity index (χ4n) is 3.34. The van der Waals surface area contributed by atoms with Gasteiger partial charge in [0.25, 0.3) is 0 Å². The van der Waals surface area contributed by atoms with Gasteiger partial charge in [-0.1, -0.05) is 0 Å². The predicted molar refractivity (Wildman–Crippen MR) is 90.8 cm³/mol. The highest BCUT2D eigenvalue weighted by molar-refractivity contribution is 7.89. The van der Waals surface area contributed by atoms with Crippen molar-refractivity contribution in [3.8, 4) is 17.2 Å². The number of rotatable bonds is 5. The monoisotopic (exact) mass is 372 g/mol. The molecule has 0 amide bonds. The second-order valence-corrected chi connectivity index (χ2v) is 7.97. The molecule has 1 N–H and O–H groups in total. The zero-order valence-corrected chi connectivity index (χ0v) is 15.5. The average Bonchev–Trinajstić information content (AvgIpc) is 3.08. The van der Waals surface area contributed by atoms with Crippen LogP contribution in [0.2, 0.25) is 0 Å². The lowest BCUT2D eigenvalue weighted by Crippen LogP contribution is -2.52. The average molecular weight is 372 g/mol. The van der Waals surface area contributed by atoms with Crippen molar-refractivity contribution < 1.29 is 27.4 Å². The molecule has 140 valence electrons. The van der Waals surface area contributed by atoms with Gasteiger partial charge in [0.05, 0.1) is 32.8 Å². The summed E-state index contributed by atoms with van der Waals surface area (Å²) in [6.07, 6.45) is 1.24. The molecule has 3 rings (SSSR count). The van der Waals surface area contributed by atoms with Crippen molar-refractivity contribution in [2.45, 2.75) is 23.5 Å². The molecule has 0 bridgehead atoms. The van der Waals surface area contributed by atoms with Gasteiger partial charge in [-0.15, -0.1) is 0 Å². The molecule has 1 spiro atoms. The molecule has 0 radical (unpaired) electrons. The highest BCUT2D eigenvalue weighted by Gasteiger charge is 2.41. The van der Waals surface area contributed by atoms with E-state index in [0.717, 1.165) is 6.54 Å². The van der Waals surface area contributed by atoms with E-state index in [-0.39, 0.29) is 10.6 Å². The van der Waals surface area contributed by atoms with Crippen LogP contribution in [0.4, 0.5) is 0 Å². The lowest BCUT2D eigenvalue weighted by Gasteiger charge is -2.37. The second-order valence-electron chi connectivity index (χ2n) is 6.03. The number of sulfonamides is 1. The zero-order chi connectivity index (χ0) is 18.1. The second kappa shape index (κ2) is 6.99. The van der Waals surface area contributed by atoms with E-state index >= 15 is 0 Å². The van der Waals surface area contributed by atoms with Crippen LogP contribution in [-0.2, 0) is 14.8 Å². The van der Waals surface area contributed by atoms with Gasteiger partial charge < -0.3 is 18.9 Å². The number of nitrogens with one attached hydrogen (secondary N) is 1. The molecule has 0 aromatic heterocycles. The van der Waals surface area contributed by atoms with Crippen LogP contribution < -0.4 is 19.5 Å². The van der Waals surface area contributed by atoms with Crippen LogP contribution in [0.15, 0.2) is 17.0 Å². The first-order chi connectivity index (χ1) is 12.0. The smallest absolute Gasteiger partial charge is 0.243 e. The van der Waals surface area contributed by atoms with Gasteiger partial charge in [-0.05, 0) is 0 Å². The largest absolute Gasteiger partial charge is 0.493 e. The first kappa shape index (κ1) is 18.2. The summed E-state index contributed by atoms with van der Waals surface area (Å²) in [6, 6.07) is 2.93. The quantitative estimate of drug-likeness (QED) is 0.819. The maximum Gasteiger partial charge on any atom is 0.243 e. The summed E-state index contributed by atoms with van der Waals surface area (Å²) in [5.41, 5.74) is -0.374. The number of hydrogen-bond acceptors (Lipinski definition) is 7. The highest BCUT2D eigenvalue weighted by Crippen LogP contribution is 2.40. The first-order valence-corrected chi connectivity index (χ1v) is 9.59. The molecule has 2 fully saturated rings. The van der Waals surface area contributed by atoms with E-state index in [1.165, 1.54) is 37.8 Å². The van der Waals surface area contributed by atoms with Crippen LogP contribution in [0.25, 0.3) is 0 Å². The molecule has 2 aliphatic heterocycles. The minimum Gasteiger partial charge on any atom is -0.493 e. The van der Waals surface area contributed by atoms with E-state index in [2.05, 4.69) is 5.32 Å². The van der Waals surface area contributed by atoms with E-state index < -0.39 is 10.0 Å². The maximum atomic E-state index is 13.0. The molecular weight excluding hydrogens is 348 g/mol. The van der Waals surface area contributed by atoms with Crippen LogP contribution in [0.1, 0.15) is 12.8 Å². The van der Waals surface area contributed by atoms with Crippen molar-refractivity contribution in [2.75, 3.05) is 47.6 Å². The number of benzene rings is 1. The van der Waals surface area contributed by atoms with Crippen LogP contribution in [-0.4, -0.2) is 66.0 Å². The number of methoxy groups -OCH3 is 3. The Morgan fingerprint density at radius 3 is 2.12 bits per heavy atom. The molecular formula is C16H24N2O6S. The molecule has 2 aliphatic rings. The Labute approximate surface area is 148 Å². The molecule has 0 unspecified atom stereocenters. The van der Waals surface area contributed by atoms with Crippen LogP contribution >= 0.6 is 0 Å². The minimum absolute atomic E-state index is 0.123. The topological polar surface area (TPSA) is 86.3 Å². The first-order valence-electron chi connectivity index (χ1n) is 8.15. The third-order valence-electron chi connectivity index (χ3n) is 4.73. The Kier molecular flexibility index (Phi) is 5.10. The maximum absolute atomic E-state index is 13.0. The van der Waals surface area contributed by atoms with Crippen molar-refractivity contribution >= 4 is 10.0 Å². The van der Waals surface area contributed by atoms with E-state index in [1.54, 1.807) is 0 Å². The molecule has 1 aromatic carbocycles. The SMILES string of the molecule is COc1cc(S(=O)(=O)N2CCC3(CC2)NCCO3)cc(OC)c1OC. The van der Waals surface area contributed by atoms with Gasteiger partial charge >= 0.3 is 0 Å². The number of hydrogen-bond donors (Lipinski definition) is 1. The lowest BCUT2D eigenvalue weighted by atomic mass is 10.0. The van der Waals surface area contributed by atoms with Gasteiger partial charge in [-0.3, -0.25) is 5.32 Å². The Hall–Kier alpha value is -1.55. The summed E-state index contributed by atoms with van der Waals surface area (Å²) in [7, 11) is 0.735. The predicted octanol–water partition coefficient (Wildman–Crippen LogP) is 0.813. The van der Waals surface area contributed by atoms with E-state index in [0.29, 0.717) is 49.8 Å². The Bertz CT molecular complexity index is 695. The lowest BCUT2D eigenvalue weighted by molar-refractivity contribution is -0.0445. The number of ether oxygens (including phenoxy) is 4. The summed E-state index contributed by atoms with van der Waals surface area (Å²) in [5, 5.41) is 3.34. The van der Waals surface area contributed by atoms with Crippen molar-refractivity contribution in [1.29, 1.82) is 0 Å². The highest BCUT2D eigenvalue weighted by atomic mass is 32.2. The van der Waals surface area contributed by atoms with Crippen molar-refractivity contribution in [1.82, 2.24) is 9.62 Å². The van der Waals surface area contributed by atoms with Gasteiger partial charge in [0.15, 0.2) is 11.5 Å². The van der Waals surface area contributed by atoms with Crippen LogP contribution in [0.5, 0.6) is 17.2 Å². The van der Waals surface area contributed by atoms with E-state index in [1.807, 2.05) is 0 Å². The standard InChI is InChI=1S/C16H24N2O6S/c1-21-13-10-12(11-14(22-2)15(13)23-3)25(19,20)18-7-4-16(5-8-18)17-6-9-24-16/h10-11,17H,4-9H2,1-3H3. The van der Waals surface area contributed by atoms with Crippen molar-refractivity contribution in [2.24, 2.45) is 0 Å². The summed E-state index contributed by atoms with van der Waals surface area (Å²) in [5.74, 6) is 0.995. The van der Waals surface area contributed by atoms with Crippen molar-refractivity contribution in [3.63, 3.8) is 0 Å². The molecule has 0 aliphatic carbocycles. The number of nitrogens with zero attached hydrogens (tertiary/aromatic N) is 1. The molecule has 8 nitrogen and oxygen atoms in total. The summed E-state index contributed by atoms with van der Waals surface area (Å²) >= 11 is 0.